The number of hydrogen-bond acceptors (Lipinski definition) is 7. The van der Waals surface area contributed by atoms with Gasteiger partial charge >= 0.3 is 51.2 Å². The Morgan fingerprint density at radius 3 is 1.21 bits per heavy atom. The first-order valence-electron chi connectivity index (χ1n) is 10.1. The van der Waals surface area contributed by atoms with E-state index in [4.69, 9.17) is 0 Å². The second kappa shape index (κ2) is 12.4. The molecule has 0 spiro atoms. The number of halogens is 14. The fraction of sp³-hybridized carbons (Fsp3) is 0.875. The summed E-state index contributed by atoms with van der Waals surface area (Å²) in [4.78, 5) is 0. The van der Waals surface area contributed by atoms with E-state index in [1.165, 1.54) is 0 Å². The zero-order valence-corrected chi connectivity index (χ0v) is 21.7. The molecule has 0 atom stereocenters. The minimum atomic E-state index is -8.39. The van der Waals surface area contributed by atoms with E-state index in [0.717, 1.165) is 27.7 Å². The van der Waals surface area contributed by atoms with Gasteiger partial charge in [0.15, 0.2) is 0 Å². The van der Waals surface area contributed by atoms with Gasteiger partial charge in [0.1, 0.15) is 0 Å². The first-order chi connectivity index (χ1) is 17.2. The van der Waals surface area contributed by atoms with E-state index >= 15 is 0 Å². The summed E-state index contributed by atoms with van der Waals surface area (Å²) >= 11 is 0. The van der Waals surface area contributed by atoms with Crippen LogP contribution in [-0.2, 0) is 31.7 Å². The zero-order chi connectivity index (χ0) is 31.5. The van der Waals surface area contributed by atoms with Gasteiger partial charge in [0.05, 0.1) is 26.4 Å². The number of phosphoric ester groups is 1. The molecule has 0 aliphatic rings. The Morgan fingerprint density at radius 2 is 0.897 bits per heavy atom. The lowest BCUT2D eigenvalue weighted by Crippen LogP contribution is -2.70. The lowest BCUT2D eigenvalue weighted by atomic mass is 9.93. The molecule has 0 aromatic heterocycles. The number of alkyl halides is 13. The summed E-state index contributed by atoms with van der Waals surface area (Å²) in [5.41, 5.74) is -2.98. The van der Waals surface area contributed by atoms with E-state index < -0.39 is 89.0 Å². The van der Waals surface area contributed by atoms with Crippen LogP contribution in [0.5, 0.6) is 0 Å². The number of hydrogen-bond donors (Lipinski definition) is 0. The van der Waals surface area contributed by atoms with Crippen molar-refractivity contribution in [3.8, 4) is 0 Å². The number of allylic oxidation sites excluding steroid dienone is 1. The molecule has 0 fully saturated rings. The SMILES string of the molecule is CCOP(=O)(OCC)O/C(=C(\F)C(F)(F)C(F)(F)C(F)(F)C(F)(F)C(F)(F)C(F)(F)F)P(=O)(OCC)OCC. The average Bonchev–Trinajstić information content (AvgIpc) is 2.76. The third-order valence-electron chi connectivity index (χ3n) is 4.02. The van der Waals surface area contributed by atoms with Gasteiger partial charge in [-0.25, -0.2) is 8.96 Å². The Kier molecular flexibility index (Phi) is 12.0. The smallest absolute Gasteiger partial charge is 0.392 e. The Bertz CT molecular complexity index is 947. The highest BCUT2D eigenvalue weighted by atomic mass is 31.2. The maximum absolute atomic E-state index is 14.9. The highest BCUT2D eigenvalue weighted by Crippen LogP contribution is 2.68. The van der Waals surface area contributed by atoms with Crippen LogP contribution in [0.1, 0.15) is 27.7 Å². The molecule has 0 aliphatic heterocycles. The van der Waals surface area contributed by atoms with Crippen molar-refractivity contribution < 1.29 is 93.2 Å². The van der Waals surface area contributed by atoms with Crippen molar-refractivity contribution in [2.75, 3.05) is 26.4 Å². The van der Waals surface area contributed by atoms with Crippen molar-refractivity contribution in [1.82, 2.24) is 0 Å². The maximum Gasteiger partial charge on any atom is 0.530 e. The van der Waals surface area contributed by atoms with E-state index in [-0.39, 0.29) is 0 Å². The lowest BCUT2D eigenvalue weighted by molar-refractivity contribution is -0.437. The highest BCUT2D eigenvalue weighted by Gasteiger charge is 2.91. The molecule has 39 heavy (non-hydrogen) atoms. The first-order valence-corrected chi connectivity index (χ1v) is 13.1. The van der Waals surface area contributed by atoms with Crippen LogP contribution in [0.4, 0.5) is 61.5 Å². The third kappa shape index (κ3) is 6.85. The maximum atomic E-state index is 14.9. The molecule has 0 amide bonds. The molecule has 0 aromatic carbocycles. The van der Waals surface area contributed by atoms with Gasteiger partial charge in [0.2, 0.25) is 5.83 Å². The van der Waals surface area contributed by atoms with Crippen LogP contribution in [-0.4, -0.2) is 62.2 Å². The monoisotopic (exact) mass is 652 g/mol. The Balaban J connectivity index is 7.54. The molecule has 0 saturated carbocycles. The van der Waals surface area contributed by atoms with Crippen LogP contribution in [0.25, 0.3) is 0 Å². The van der Waals surface area contributed by atoms with Crippen LogP contribution >= 0.6 is 15.4 Å². The largest absolute Gasteiger partial charge is 0.530 e. The number of rotatable bonds is 16. The minimum Gasteiger partial charge on any atom is -0.392 e. The molecule has 0 bridgehead atoms. The second-order valence-corrected chi connectivity index (χ2v) is 10.2. The number of phosphoric acid groups is 1. The molecule has 0 rings (SSSR count). The lowest BCUT2D eigenvalue weighted by Gasteiger charge is -2.39. The van der Waals surface area contributed by atoms with Gasteiger partial charge < -0.3 is 13.6 Å². The predicted octanol–water partition coefficient (Wildman–Crippen LogP) is 8.33. The van der Waals surface area contributed by atoms with E-state index in [1.807, 2.05) is 0 Å². The quantitative estimate of drug-likeness (QED) is 0.0943. The van der Waals surface area contributed by atoms with Crippen LogP contribution < -0.4 is 0 Å². The van der Waals surface area contributed by atoms with Crippen molar-refractivity contribution >= 4 is 15.4 Å². The van der Waals surface area contributed by atoms with Crippen LogP contribution in [0.15, 0.2) is 11.3 Å². The molecule has 0 unspecified atom stereocenters. The third-order valence-corrected chi connectivity index (χ3v) is 7.70. The topological polar surface area (TPSA) is 80.3 Å². The average molecular weight is 652 g/mol. The zero-order valence-electron chi connectivity index (χ0n) is 19.9. The summed E-state index contributed by atoms with van der Waals surface area (Å²) in [6.07, 6.45) is -7.70. The van der Waals surface area contributed by atoms with Gasteiger partial charge in [0.25, 0.3) is 5.50 Å². The fourth-order valence-corrected chi connectivity index (χ4v) is 5.43. The molecule has 0 heterocycles. The molecule has 7 nitrogen and oxygen atoms in total. The van der Waals surface area contributed by atoms with Crippen molar-refractivity contribution in [2.24, 2.45) is 0 Å². The summed E-state index contributed by atoms with van der Waals surface area (Å²) in [6.45, 7) is 0.223. The molecule has 0 saturated heterocycles. The normalized spacial score (nSPS) is 15.8. The predicted molar refractivity (Wildman–Crippen MR) is 102 cm³/mol. The van der Waals surface area contributed by atoms with Gasteiger partial charge in [-0.1, -0.05) is 0 Å². The van der Waals surface area contributed by atoms with Crippen LogP contribution in [0.2, 0.25) is 0 Å². The van der Waals surface area contributed by atoms with Gasteiger partial charge in [0, 0.05) is 0 Å². The summed E-state index contributed by atoms with van der Waals surface area (Å²) in [7, 11) is -11.5. The summed E-state index contributed by atoms with van der Waals surface area (Å²) < 4.78 is 237. The standard InChI is InChI=1S/C16H20F14O7P2/c1-5-33-38(31,34-6-2)10(37-39(32,35-7-3)36-8-4)9(17)11(18,19)12(20,21)13(22,23)14(24,25)15(26,27)16(28,29)30/h5-8H2,1-4H3/b10-9+. The Morgan fingerprint density at radius 1 is 0.564 bits per heavy atom. The first kappa shape index (κ1) is 37.9. The van der Waals surface area contributed by atoms with Gasteiger partial charge in [-0.05, 0) is 27.7 Å². The second-order valence-electron chi connectivity index (χ2n) is 6.70. The molecule has 0 aromatic rings. The Hall–Kier alpha value is -1.14. The van der Waals surface area contributed by atoms with Crippen molar-refractivity contribution in [1.29, 1.82) is 0 Å². The van der Waals surface area contributed by atoms with E-state index in [1.54, 1.807) is 0 Å². The van der Waals surface area contributed by atoms with Crippen LogP contribution in [0.3, 0.4) is 0 Å². The molecular formula is C16H20F14O7P2. The summed E-state index contributed by atoms with van der Waals surface area (Å²) in [5, 5.41) is 0. The van der Waals surface area contributed by atoms with Gasteiger partial charge in [-0.3, -0.25) is 13.6 Å². The van der Waals surface area contributed by atoms with Gasteiger partial charge in [-0.2, -0.15) is 57.1 Å². The van der Waals surface area contributed by atoms with E-state index in [9.17, 15) is 70.6 Å². The van der Waals surface area contributed by atoms with Crippen molar-refractivity contribution in [3.63, 3.8) is 0 Å². The Labute approximate surface area is 210 Å². The summed E-state index contributed by atoms with van der Waals surface area (Å²) in [5.74, 6) is -44.9. The minimum absolute atomic E-state index is 0.775. The van der Waals surface area contributed by atoms with Crippen LogP contribution in [0, 0.1) is 0 Å². The van der Waals surface area contributed by atoms with Crippen molar-refractivity contribution in [3.05, 3.63) is 11.3 Å². The molecule has 0 N–H and O–H groups in total. The molecule has 234 valence electrons. The molecule has 0 aliphatic carbocycles. The van der Waals surface area contributed by atoms with Gasteiger partial charge in [-0.15, -0.1) is 0 Å². The molecule has 0 radical (unpaired) electrons. The van der Waals surface area contributed by atoms with Crippen molar-refractivity contribution in [2.45, 2.75) is 63.5 Å². The molecule has 23 heteroatoms. The summed E-state index contributed by atoms with van der Waals surface area (Å²) in [6, 6.07) is 0. The molecular weight excluding hydrogens is 632 g/mol. The fourth-order valence-electron chi connectivity index (χ4n) is 2.26. The van der Waals surface area contributed by atoms with E-state index in [2.05, 4.69) is 22.6 Å². The van der Waals surface area contributed by atoms with E-state index in [0.29, 0.717) is 0 Å². The highest BCUT2D eigenvalue weighted by molar-refractivity contribution is 7.59.